The largest absolute Gasteiger partial charge is 0.497 e. The van der Waals surface area contributed by atoms with Crippen LogP contribution in [-0.4, -0.2) is 31.4 Å². The molecule has 4 aromatic rings. The Morgan fingerprint density at radius 1 is 0.818 bits per heavy atom. The molecular weight excluding hydrogens is 442 g/mol. The number of methoxy groups -OCH3 is 1. The van der Waals surface area contributed by atoms with E-state index in [1.54, 1.807) is 54.6 Å². The number of carbonyl (C=O) groups excluding carboxylic acids is 1. The molecule has 0 aliphatic heterocycles. The van der Waals surface area contributed by atoms with Gasteiger partial charge in [-0.2, -0.15) is 0 Å². The van der Waals surface area contributed by atoms with Gasteiger partial charge in [-0.3, -0.25) is 9.52 Å². The summed E-state index contributed by atoms with van der Waals surface area (Å²) < 4.78 is 33.6. The first-order valence-corrected chi connectivity index (χ1v) is 11.4. The van der Waals surface area contributed by atoms with Gasteiger partial charge >= 0.3 is 0 Å². The van der Waals surface area contributed by atoms with E-state index in [4.69, 9.17) is 4.74 Å². The lowest BCUT2D eigenvalue weighted by molar-refractivity contribution is -0.114. The van der Waals surface area contributed by atoms with Crippen molar-refractivity contribution in [2.75, 3.05) is 22.5 Å². The molecule has 0 atom stereocenters. The molecule has 0 saturated heterocycles. The second-order valence-electron chi connectivity index (χ2n) is 7.07. The zero-order valence-corrected chi connectivity index (χ0v) is 18.7. The summed E-state index contributed by atoms with van der Waals surface area (Å²) in [5.74, 6) is 0.657. The lowest BCUT2D eigenvalue weighted by atomic mass is 10.2. The van der Waals surface area contributed by atoms with Crippen LogP contribution >= 0.6 is 0 Å². The van der Waals surface area contributed by atoms with Crippen LogP contribution in [0.4, 0.5) is 23.0 Å². The maximum atomic E-state index is 13.0. The Kier molecular flexibility index (Phi) is 6.09. The van der Waals surface area contributed by atoms with Crippen LogP contribution in [0.1, 0.15) is 6.92 Å². The number of hydrogen-bond acceptors (Lipinski definition) is 7. The van der Waals surface area contributed by atoms with Crippen molar-refractivity contribution in [2.45, 2.75) is 11.8 Å². The molecule has 1 heterocycles. The lowest BCUT2D eigenvalue weighted by Gasteiger charge is -2.14. The third kappa shape index (κ3) is 5.18. The van der Waals surface area contributed by atoms with Crippen LogP contribution < -0.4 is 20.1 Å². The number of hydrogen-bond donors (Lipinski definition) is 3. The summed E-state index contributed by atoms with van der Waals surface area (Å²) in [6, 6.07) is 20.1. The molecule has 1 amide bonds. The van der Waals surface area contributed by atoms with Gasteiger partial charge in [0.1, 0.15) is 5.75 Å². The highest BCUT2D eigenvalue weighted by atomic mass is 32.2. The molecule has 0 aliphatic rings. The summed E-state index contributed by atoms with van der Waals surface area (Å²) in [4.78, 5) is 20.3. The number of anilines is 4. The Labute approximate surface area is 190 Å². The monoisotopic (exact) mass is 463 g/mol. The zero-order chi connectivity index (χ0) is 23.4. The number of carbonyl (C=O) groups is 1. The molecule has 4 rings (SSSR count). The van der Waals surface area contributed by atoms with Crippen molar-refractivity contribution in [3.63, 3.8) is 0 Å². The highest BCUT2D eigenvalue weighted by Gasteiger charge is 2.19. The summed E-state index contributed by atoms with van der Waals surface area (Å²) >= 11 is 0. The maximum absolute atomic E-state index is 13.0. The molecule has 0 fully saturated rings. The van der Waals surface area contributed by atoms with Gasteiger partial charge in [-0.1, -0.05) is 12.1 Å². The van der Waals surface area contributed by atoms with Crippen molar-refractivity contribution in [3.05, 3.63) is 72.8 Å². The number of sulfonamides is 1. The van der Waals surface area contributed by atoms with E-state index in [1.165, 1.54) is 26.2 Å². The molecule has 0 spiro atoms. The molecule has 9 nitrogen and oxygen atoms in total. The zero-order valence-electron chi connectivity index (χ0n) is 17.9. The van der Waals surface area contributed by atoms with Crippen LogP contribution in [0.15, 0.2) is 77.7 Å². The SMILES string of the molecule is COc1ccc(S(=O)(=O)Nc2nc3ccccc3nc2Nc2ccc(NC(C)=O)cc2)cc1. The minimum Gasteiger partial charge on any atom is -0.497 e. The van der Waals surface area contributed by atoms with Gasteiger partial charge in [0.25, 0.3) is 10.0 Å². The van der Waals surface area contributed by atoms with Gasteiger partial charge in [0.15, 0.2) is 11.6 Å². The molecular formula is C23H21N5O4S. The number of para-hydroxylation sites is 2. The van der Waals surface area contributed by atoms with Crippen LogP contribution in [0.3, 0.4) is 0 Å². The fourth-order valence-electron chi connectivity index (χ4n) is 3.08. The van der Waals surface area contributed by atoms with Gasteiger partial charge in [0.05, 0.1) is 23.0 Å². The second kappa shape index (κ2) is 9.13. The molecule has 1 aromatic heterocycles. The number of ether oxygens (including phenoxy) is 1. The third-order valence-electron chi connectivity index (χ3n) is 4.64. The first kappa shape index (κ1) is 22.0. The number of nitrogens with one attached hydrogen (secondary N) is 3. The van der Waals surface area contributed by atoms with Crippen LogP contribution in [0.5, 0.6) is 5.75 Å². The van der Waals surface area contributed by atoms with E-state index in [-0.39, 0.29) is 22.4 Å². The first-order valence-electron chi connectivity index (χ1n) is 9.92. The van der Waals surface area contributed by atoms with Crippen LogP contribution in [0.25, 0.3) is 11.0 Å². The average Bonchev–Trinajstić information content (AvgIpc) is 2.80. The summed E-state index contributed by atoms with van der Waals surface area (Å²) in [6.45, 7) is 1.43. The van der Waals surface area contributed by atoms with Crippen molar-refractivity contribution >= 4 is 50.0 Å². The van der Waals surface area contributed by atoms with E-state index in [9.17, 15) is 13.2 Å². The van der Waals surface area contributed by atoms with Gasteiger partial charge in [-0.05, 0) is 60.7 Å². The molecule has 3 aromatic carbocycles. The molecule has 0 aliphatic carbocycles. The van der Waals surface area contributed by atoms with Gasteiger partial charge in [-0.15, -0.1) is 0 Å². The predicted molar refractivity (Wildman–Crippen MR) is 127 cm³/mol. The summed E-state index contributed by atoms with van der Waals surface area (Å²) in [5, 5.41) is 5.80. The van der Waals surface area contributed by atoms with E-state index in [1.807, 2.05) is 6.07 Å². The summed E-state index contributed by atoms with van der Waals surface area (Å²) in [5.41, 5.74) is 2.41. The van der Waals surface area contributed by atoms with E-state index in [0.717, 1.165) is 0 Å². The van der Waals surface area contributed by atoms with Gasteiger partial charge in [0, 0.05) is 18.3 Å². The first-order chi connectivity index (χ1) is 15.8. The molecule has 10 heteroatoms. The fraction of sp³-hybridized carbons (Fsp3) is 0.0870. The fourth-order valence-corrected chi connectivity index (χ4v) is 4.09. The number of nitrogens with zero attached hydrogens (tertiary/aromatic N) is 2. The number of rotatable bonds is 7. The Balaban J connectivity index is 1.69. The van der Waals surface area contributed by atoms with Crippen LogP contribution in [0.2, 0.25) is 0 Å². The third-order valence-corrected chi connectivity index (χ3v) is 5.99. The Hall–Kier alpha value is -4.18. The summed E-state index contributed by atoms with van der Waals surface area (Å²) in [7, 11) is -2.43. The van der Waals surface area contributed by atoms with Crippen molar-refractivity contribution < 1.29 is 17.9 Å². The van der Waals surface area contributed by atoms with Gasteiger partial charge in [-0.25, -0.2) is 18.4 Å². The minimum absolute atomic E-state index is 0.0513. The van der Waals surface area contributed by atoms with E-state index in [0.29, 0.717) is 28.2 Å². The number of fused-ring (bicyclic) bond motifs is 1. The number of aromatic nitrogens is 2. The predicted octanol–water partition coefficient (Wildman–Crippen LogP) is 4.14. The molecule has 33 heavy (non-hydrogen) atoms. The molecule has 0 radical (unpaired) electrons. The Bertz CT molecular complexity index is 1410. The van der Waals surface area contributed by atoms with Crippen LogP contribution in [-0.2, 0) is 14.8 Å². The molecule has 168 valence electrons. The van der Waals surface area contributed by atoms with Crippen molar-refractivity contribution in [1.29, 1.82) is 0 Å². The molecule has 3 N–H and O–H groups in total. The topological polar surface area (TPSA) is 122 Å². The highest BCUT2D eigenvalue weighted by Crippen LogP contribution is 2.28. The normalized spacial score (nSPS) is 11.1. The minimum atomic E-state index is -3.94. The van der Waals surface area contributed by atoms with Gasteiger partial charge < -0.3 is 15.4 Å². The smallest absolute Gasteiger partial charge is 0.263 e. The molecule has 0 bridgehead atoms. The molecule has 0 saturated carbocycles. The van der Waals surface area contributed by atoms with Crippen molar-refractivity contribution in [2.24, 2.45) is 0 Å². The summed E-state index contributed by atoms with van der Waals surface area (Å²) in [6.07, 6.45) is 0. The maximum Gasteiger partial charge on any atom is 0.263 e. The number of benzene rings is 3. The van der Waals surface area contributed by atoms with Crippen molar-refractivity contribution in [3.8, 4) is 5.75 Å². The highest BCUT2D eigenvalue weighted by molar-refractivity contribution is 7.92. The molecule has 0 unspecified atom stereocenters. The standard InChI is InChI=1S/C23H21N5O4S/c1-15(29)24-16-7-9-17(10-8-16)25-22-23(27-21-6-4-3-5-20(21)26-22)28-33(30,31)19-13-11-18(32-2)12-14-19/h3-14H,1-2H3,(H,24,29)(H,25,26)(H,27,28). The number of amides is 1. The van der Waals surface area contributed by atoms with Gasteiger partial charge in [0.2, 0.25) is 5.91 Å². The quantitative estimate of drug-likeness (QED) is 0.376. The Morgan fingerprint density at radius 3 is 1.97 bits per heavy atom. The van der Waals surface area contributed by atoms with E-state index < -0.39 is 10.0 Å². The second-order valence-corrected chi connectivity index (χ2v) is 8.76. The van der Waals surface area contributed by atoms with E-state index in [2.05, 4.69) is 25.3 Å². The van der Waals surface area contributed by atoms with Crippen molar-refractivity contribution in [1.82, 2.24) is 9.97 Å². The Morgan fingerprint density at radius 2 is 1.39 bits per heavy atom. The average molecular weight is 464 g/mol. The van der Waals surface area contributed by atoms with E-state index >= 15 is 0 Å². The lowest BCUT2D eigenvalue weighted by Crippen LogP contribution is -2.16. The van der Waals surface area contributed by atoms with Crippen LogP contribution in [0, 0.1) is 0 Å².